The maximum absolute atomic E-state index is 14.3. The average molecular weight is 471 g/mol. The Morgan fingerprint density at radius 1 is 1.21 bits per heavy atom. The molecule has 0 aliphatic carbocycles. The molecule has 0 saturated carbocycles. The van der Waals surface area contributed by atoms with Gasteiger partial charge in [-0.3, -0.25) is 14.5 Å². The van der Waals surface area contributed by atoms with Gasteiger partial charge in [0.15, 0.2) is 5.82 Å². The Bertz CT molecular complexity index is 1240. The van der Waals surface area contributed by atoms with E-state index in [-0.39, 0.29) is 29.5 Å². The highest BCUT2D eigenvalue weighted by Crippen LogP contribution is 2.36. The van der Waals surface area contributed by atoms with Gasteiger partial charge in [-0.2, -0.15) is 0 Å². The third-order valence-electron chi connectivity index (χ3n) is 5.66. The summed E-state index contributed by atoms with van der Waals surface area (Å²) in [5.74, 6) is -1.75. The number of aromatic nitrogens is 1. The number of amides is 2. The molecule has 2 aromatic carbocycles. The lowest BCUT2D eigenvalue weighted by atomic mass is 9.98. The van der Waals surface area contributed by atoms with Gasteiger partial charge in [-0.1, -0.05) is 23.7 Å². The molecule has 1 fully saturated rings. The lowest BCUT2D eigenvalue weighted by Crippen LogP contribution is -2.49. The van der Waals surface area contributed by atoms with E-state index >= 15 is 0 Å². The summed E-state index contributed by atoms with van der Waals surface area (Å²) in [7, 11) is 1.46. The number of nitrogens with two attached hydrogens (primary N) is 1. The molecule has 1 aliphatic rings. The fourth-order valence-electron chi connectivity index (χ4n) is 3.76. The van der Waals surface area contributed by atoms with Crippen LogP contribution in [0.15, 0.2) is 48.7 Å². The van der Waals surface area contributed by atoms with Gasteiger partial charge in [0.2, 0.25) is 5.91 Å². The van der Waals surface area contributed by atoms with E-state index in [1.165, 1.54) is 24.1 Å². The summed E-state index contributed by atoms with van der Waals surface area (Å²) in [5.41, 5.74) is 8.29. The Hall–Kier alpha value is -3.52. The third-order valence-corrected chi connectivity index (χ3v) is 5.97. The second-order valence-electron chi connectivity index (χ2n) is 7.92. The minimum absolute atomic E-state index is 0.0170. The molecule has 2 heterocycles. The van der Waals surface area contributed by atoms with Gasteiger partial charge < -0.3 is 10.6 Å². The topological polar surface area (TPSA) is 79.5 Å². The van der Waals surface area contributed by atoms with Crippen LogP contribution in [-0.2, 0) is 0 Å². The van der Waals surface area contributed by atoms with E-state index < -0.39 is 23.8 Å². The van der Waals surface area contributed by atoms with Gasteiger partial charge in [-0.15, -0.1) is 0 Å². The number of halogens is 3. The Kier molecular flexibility index (Phi) is 6.03. The van der Waals surface area contributed by atoms with Crippen molar-refractivity contribution < 1.29 is 18.4 Å². The standard InChI is InChI=1S/C24H21ClF2N4O2/c1-13-6-7-14(22(28)32)8-17(13)15-9-20(31-11-16(26)12-31)23(29-10-15)30(2)24(33)21-18(25)4-3-5-19(21)27/h3-10,16H,11-12H2,1-2H3,(H2,28,32). The normalized spacial score (nSPS) is 13.5. The molecule has 0 spiro atoms. The third kappa shape index (κ3) is 4.26. The van der Waals surface area contributed by atoms with Crippen molar-refractivity contribution in [3.8, 4) is 11.1 Å². The maximum Gasteiger partial charge on any atom is 0.263 e. The van der Waals surface area contributed by atoms with Gasteiger partial charge in [0.05, 0.1) is 29.4 Å². The summed E-state index contributed by atoms with van der Waals surface area (Å²) < 4.78 is 28.0. The molecule has 4 rings (SSSR count). The Morgan fingerprint density at radius 2 is 1.94 bits per heavy atom. The van der Waals surface area contributed by atoms with E-state index in [9.17, 15) is 18.4 Å². The quantitative estimate of drug-likeness (QED) is 0.600. The van der Waals surface area contributed by atoms with Gasteiger partial charge in [0, 0.05) is 24.4 Å². The molecule has 33 heavy (non-hydrogen) atoms. The molecular weight excluding hydrogens is 450 g/mol. The summed E-state index contributed by atoms with van der Waals surface area (Å²) in [6, 6.07) is 10.9. The number of primary amides is 1. The first kappa shape index (κ1) is 22.7. The Balaban J connectivity index is 1.79. The zero-order valence-electron chi connectivity index (χ0n) is 18.0. The molecular formula is C24H21ClF2N4O2. The molecule has 0 atom stereocenters. The number of rotatable bonds is 5. The molecule has 2 amide bonds. The zero-order chi connectivity index (χ0) is 23.9. The maximum atomic E-state index is 14.3. The first-order valence-corrected chi connectivity index (χ1v) is 10.6. The van der Waals surface area contributed by atoms with Gasteiger partial charge >= 0.3 is 0 Å². The number of hydrogen-bond donors (Lipinski definition) is 1. The fraction of sp³-hybridized carbons (Fsp3) is 0.208. The number of benzene rings is 2. The lowest BCUT2D eigenvalue weighted by molar-refractivity contribution is 0.0984. The van der Waals surface area contributed by atoms with E-state index in [1.807, 2.05) is 6.92 Å². The van der Waals surface area contributed by atoms with Crippen LogP contribution in [0.3, 0.4) is 0 Å². The molecule has 2 N–H and O–H groups in total. The van der Waals surface area contributed by atoms with Crippen molar-refractivity contribution in [2.75, 3.05) is 29.9 Å². The second kappa shape index (κ2) is 8.78. The number of aryl methyl sites for hydroxylation is 1. The molecule has 9 heteroatoms. The second-order valence-corrected chi connectivity index (χ2v) is 8.33. The van der Waals surface area contributed by atoms with Crippen LogP contribution in [0.4, 0.5) is 20.3 Å². The first-order chi connectivity index (χ1) is 15.7. The number of carbonyl (C=O) groups excluding carboxylic acids is 2. The number of pyridine rings is 1. The zero-order valence-corrected chi connectivity index (χ0v) is 18.7. The van der Waals surface area contributed by atoms with Crippen molar-refractivity contribution in [1.29, 1.82) is 0 Å². The van der Waals surface area contributed by atoms with Gasteiger partial charge in [0.1, 0.15) is 12.0 Å². The van der Waals surface area contributed by atoms with Crippen LogP contribution in [0.2, 0.25) is 5.02 Å². The molecule has 1 saturated heterocycles. The van der Waals surface area contributed by atoms with Crippen LogP contribution in [0.1, 0.15) is 26.3 Å². The van der Waals surface area contributed by atoms with Gasteiger partial charge in [-0.05, 0) is 48.4 Å². The summed E-state index contributed by atoms with van der Waals surface area (Å²) in [5, 5.41) is -0.0170. The summed E-state index contributed by atoms with van der Waals surface area (Å²) in [4.78, 5) is 32.1. The number of nitrogens with zero attached hydrogens (tertiary/aromatic N) is 3. The van der Waals surface area contributed by atoms with Crippen LogP contribution in [0.5, 0.6) is 0 Å². The van der Waals surface area contributed by atoms with E-state index in [0.717, 1.165) is 17.2 Å². The molecule has 3 aromatic rings. The predicted octanol–water partition coefficient (Wildman–Crippen LogP) is 4.38. The van der Waals surface area contributed by atoms with Crippen molar-refractivity contribution in [1.82, 2.24) is 4.98 Å². The van der Waals surface area contributed by atoms with Crippen molar-refractivity contribution in [2.45, 2.75) is 13.1 Å². The van der Waals surface area contributed by atoms with Crippen molar-refractivity contribution in [3.05, 3.63) is 76.2 Å². The average Bonchev–Trinajstić information content (AvgIpc) is 2.76. The van der Waals surface area contributed by atoms with E-state index in [1.54, 1.807) is 35.4 Å². The van der Waals surface area contributed by atoms with E-state index in [0.29, 0.717) is 16.8 Å². The highest BCUT2D eigenvalue weighted by Gasteiger charge is 2.32. The smallest absolute Gasteiger partial charge is 0.263 e. The van der Waals surface area contributed by atoms with Gasteiger partial charge in [-0.25, -0.2) is 13.8 Å². The summed E-state index contributed by atoms with van der Waals surface area (Å²) in [6.45, 7) is 2.16. The molecule has 0 unspecified atom stereocenters. The molecule has 1 aliphatic heterocycles. The first-order valence-electron chi connectivity index (χ1n) is 10.2. The van der Waals surface area contributed by atoms with Crippen LogP contribution in [-0.4, -0.2) is 43.1 Å². The molecule has 6 nitrogen and oxygen atoms in total. The molecule has 0 bridgehead atoms. The largest absolute Gasteiger partial charge is 0.366 e. The van der Waals surface area contributed by atoms with Crippen LogP contribution in [0.25, 0.3) is 11.1 Å². The fourth-order valence-corrected chi connectivity index (χ4v) is 4.00. The Labute approximate surface area is 194 Å². The van der Waals surface area contributed by atoms with E-state index in [4.69, 9.17) is 17.3 Å². The van der Waals surface area contributed by atoms with Crippen LogP contribution >= 0.6 is 11.6 Å². The van der Waals surface area contributed by atoms with Crippen molar-refractivity contribution >= 4 is 34.9 Å². The number of anilines is 2. The van der Waals surface area contributed by atoms with Crippen molar-refractivity contribution in [2.24, 2.45) is 5.73 Å². The van der Waals surface area contributed by atoms with Crippen molar-refractivity contribution in [3.63, 3.8) is 0 Å². The lowest BCUT2D eigenvalue weighted by Gasteiger charge is -2.38. The van der Waals surface area contributed by atoms with Crippen LogP contribution < -0.4 is 15.5 Å². The number of carbonyl (C=O) groups is 2. The molecule has 1 aromatic heterocycles. The SMILES string of the molecule is Cc1ccc(C(N)=O)cc1-c1cnc(N(C)C(=O)c2c(F)cccc2Cl)c(N2CC(F)C2)c1. The van der Waals surface area contributed by atoms with E-state index in [2.05, 4.69) is 4.98 Å². The number of hydrogen-bond acceptors (Lipinski definition) is 4. The monoisotopic (exact) mass is 470 g/mol. The highest BCUT2D eigenvalue weighted by atomic mass is 35.5. The summed E-state index contributed by atoms with van der Waals surface area (Å²) in [6.07, 6.45) is 0.550. The Morgan fingerprint density at radius 3 is 2.58 bits per heavy atom. The minimum Gasteiger partial charge on any atom is -0.366 e. The van der Waals surface area contributed by atoms with Gasteiger partial charge in [0.25, 0.3) is 5.91 Å². The molecule has 170 valence electrons. The summed E-state index contributed by atoms with van der Waals surface area (Å²) >= 11 is 6.07. The van der Waals surface area contributed by atoms with Crippen LogP contribution in [0, 0.1) is 12.7 Å². The highest BCUT2D eigenvalue weighted by molar-refractivity contribution is 6.34. The number of alkyl halides is 1. The minimum atomic E-state index is -0.997. The molecule has 0 radical (unpaired) electrons. The predicted molar refractivity (Wildman–Crippen MR) is 124 cm³/mol.